The number of nitrogens with zero attached hydrogens (tertiary/aromatic N) is 1. The van der Waals surface area contributed by atoms with Gasteiger partial charge in [-0.15, -0.1) is 0 Å². The summed E-state index contributed by atoms with van der Waals surface area (Å²) in [7, 11) is 0. The van der Waals surface area contributed by atoms with Crippen molar-refractivity contribution < 1.29 is 4.79 Å². The fraction of sp³-hybridized carbons (Fsp3) is 0.444. The number of nitrogens with one attached hydrogen (secondary N) is 1. The van der Waals surface area contributed by atoms with Gasteiger partial charge in [-0.25, -0.2) is 9.79 Å². The lowest BCUT2D eigenvalue weighted by Gasteiger charge is -1.92. The van der Waals surface area contributed by atoms with E-state index >= 15 is 0 Å². The molecule has 0 amide bonds. The van der Waals surface area contributed by atoms with Gasteiger partial charge in [0.1, 0.15) is 0 Å². The summed E-state index contributed by atoms with van der Waals surface area (Å²) in [6.45, 7) is 4.56. The summed E-state index contributed by atoms with van der Waals surface area (Å²) in [5.41, 5.74) is 3.54. The van der Waals surface area contributed by atoms with Crippen LogP contribution in [-0.4, -0.2) is 17.6 Å². The molecule has 0 unspecified atom stereocenters. The summed E-state index contributed by atoms with van der Waals surface area (Å²) in [5.74, 6) is 0. The van der Waals surface area contributed by atoms with Gasteiger partial charge in [0, 0.05) is 11.4 Å². The van der Waals surface area contributed by atoms with Crippen LogP contribution in [0.5, 0.6) is 0 Å². The lowest BCUT2D eigenvalue weighted by atomic mass is 10.2. The smallest absolute Gasteiger partial charge is 0.234 e. The fourth-order valence-electron chi connectivity index (χ4n) is 1.26. The van der Waals surface area contributed by atoms with Crippen LogP contribution in [0.1, 0.15) is 17.0 Å². The van der Waals surface area contributed by atoms with Crippen molar-refractivity contribution in [1.29, 1.82) is 0 Å². The summed E-state index contributed by atoms with van der Waals surface area (Å²) < 4.78 is 0. The van der Waals surface area contributed by atoms with Gasteiger partial charge in [0.15, 0.2) is 0 Å². The number of carbonyl (C=O) groups excluding carboxylic acids is 1. The zero-order chi connectivity index (χ0) is 8.97. The van der Waals surface area contributed by atoms with E-state index in [1.807, 2.05) is 13.8 Å². The number of aromatic nitrogens is 1. The Balaban J connectivity index is 2.62. The third-order valence-electron chi connectivity index (χ3n) is 1.81. The predicted molar refractivity (Wildman–Crippen MR) is 47.0 cm³/mol. The number of aryl methyl sites for hydroxylation is 2. The molecule has 0 saturated carbocycles. The molecule has 0 spiro atoms. The van der Waals surface area contributed by atoms with Gasteiger partial charge in [0.25, 0.3) is 0 Å². The number of rotatable bonds is 3. The molecule has 0 aliphatic heterocycles. The first-order valence-electron chi connectivity index (χ1n) is 3.92. The number of isocyanates is 1. The zero-order valence-corrected chi connectivity index (χ0v) is 7.35. The van der Waals surface area contributed by atoms with E-state index in [4.69, 9.17) is 0 Å². The third-order valence-corrected chi connectivity index (χ3v) is 1.81. The second-order valence-electron chi connectivity index (χ2n) is 2.83. The molecule has 12 heavy (non-hydrogen) atoms. The van der Waals surface area contributed by atoms with Crippen molar-refractivity contribution in [3.8, 4) is 0 Å². The molecule has 0 aromatic carbocycles. The van der Waals surface area contributed by atoms with Crippen LogP contribution in [0.15, 0.2) is 11.1 Å². The first-order chi connectivity index (χ1) is 5.74. The number of H-pyrrole nitrogens is 1. The molecule has 1 rings (SSSR count). The molecule has 0 aliphatic carbocycles. The van der Waals surface area contributed by atoms with E-state index in [1.165, 1.54) is 11.6 Å². The van der Waals surface area contributed by atoms with Crippen LogP contribution in [0, 0.1) is 13.8 Å². The van der Waals surface area contributed by atoms with Crippen LogP contribution in [-0.2, 0) is 11.2 Å². The van der Waals surface area contributed by atoms with Crippen LogP contribution in [0.2, 0.25) is 0 Å². The standard InChI is InChI=1S/C9H12N2O/c1-7-5-9(8(2)11-7)3-4-10-6-12/h5,11H,3-4H2,1-2H3. The second-order valence-corrected chi connectivity index (χ2v) is 2.83. The highest BCUT2D eigenvalue weighted by atomic mass is 16.1. The van der Waals surface area contributed by atoms with Gasteiger partial charge in [-0.3, -0.25) is 0 Å². The first kappa shape index (κ1) is 8.75. The van der Waals surface area contributed by atoms with E-state index in [0.29, 0.717) is 6.54 Å². The van der Waals surface area contributed by atoms with Gasteiger partial charge in [-0.1, -0.05) is 0 Å². The zero-order valence-electron chi connectivity index (χ0n) is 7.35. The Labute approximate surface area is 71.5 Å². The van der Waals surface area contributed by atoms with Crippen molar-refractivity contribution in [3.05, 3.63) is 23.0 Å². The van der Waals surface area contributed by atoms with E-state index < -0.39 is 0 Å². The van der Waals surface area contributed by atoms with Crippen LogP contribution in [0.3, 0.4) is 0 Å². The molecule has 0 bridgehead atoms. The summed E-state index contributed by atoms with van der Waals surface area (Å²) >= 11 is 0. The number of hydrogen-bond acceptors (Lipinski definition) is 2. The summed E-state index contributed by atoms with van der Waals surface area (Å²) in [4.78, 5) is 16.5. The van der Waals surface area contributed by atoms with E-state index in [1.54, 1.807) is 0 Å². The first-order valence-corrected chi connectivity index (χ1v) is 3.92. The molecule has 0 aliphatic rings. The van der Waals surface area contributed by atoms with Crippen molar-refractivity contribution in [2.45, 2.75) is 20.3 Å². The van der Waals surface area contributed by atoms with Crippen molar-refractivity contribution in [2.75, 3.05) is 6.54 Å². The Bertz CT molecular complexity index is 308. The molecule has 1 N–H and O–H groups in total. The average molecular weight is 164 g/mol. The van der Waals surface area contributed by atoms with Crippen molar-refractivity contribution in [1.82, 2.24) is 4.98 Å². The van der Waals surface area contributed by atoms with Gasteiger partial charge in [-0.2, -0.15) is 0 Å². The maximum atomic E-state index is 9.79. The topological polar surface area (TPSA) is 45.2 Å². The van der Waals surface area contributed by atoms with Gasteiger partial charge in [-0.05, 0) is 31.9 Å². The SMILES string of the molecule is Cc1cc(CCN=C=O)c(C)[nH]1. The van der Waals surface area contributed by atoms with Crippen LogP contribution in [0.25, 0.3) is 0 Å². The summed E-state index contributed by atoms with van der Waals surface area (Å²) in [6.07, 6.45) is 2.34. The normalized spacial score (nSPS) is 9.50. The molecule has 0 atom stereocenters. The Hall–Kier alpha value is -1.34. The number of hydrogen-bond donors (Lipinski definition) is 1. The van der Waals surface area contributed by atoms with E-state index in [9.17, 15) is 4.79 Å². The minimum Gasteiger partial charge on any atom is -0.362 e. The van der Waals surface area contributed by atoms with Gasteiger partial charge >= 0.3 is 0 Å². The maximum absolute atomic E-state index is 9.79. The minimum atomic E-state index is 0.529. The Kier molecular flexibility index (Phi) is 2.83. The predicted octanol–water partition coefficient (Wildman–Crippen LogP) is 1.51. The average Bonchev–Trinajstić information content (AvgIpc) is 2.31. The fourth-order valence-corrected chi connectivity index (χ4v) is 1.26. The van der Waals surface area contributed by atoms with Gasteiger partial charge in [0.2, 0.25) is 6.08 Å². The molecule has 3 nitrogen and oxygen atoms in total. The molecule has 0 fully saturated rings. The largest absolute Gasteiger partial charge is 0.362 e. The lowest BCUT2D eigenvalue weighted by Crippen LogP contribution is -1.89. The second kappa shape index (κ2) is 3.88. The van der Waals surface area contributed by atoms with Gasteiger partial charge < -0.3 is 4.98 Å². The van der Waals surface area contributed by atoms with E-state index in [0.717, 1.165) is 17.8 Å². The van der Waals surface area contributed by atoms with E-state index in [2.05, 4.69) is 16.0 Å². The van der Waals surface area contributed by atoms with Crippen LogP contribution in [0.4, 0.5) is 0 Å². The van der Waals surface area contributed by atoms with Crippen LogP contribution >= 0.6 is 0 Å². The molecule has 1 aromatic heterocycles. The molecule has 0 saturated heterocycles. The molecule has 3 heteroatoms. The molecule has 1 aromatic rings. The van der Waals surface area contributed by atoms with Gasteiger partial charge in [0.05, 0.1) is 6.54 Å². The van der Waals surface area contributed by atoms with E-state index in [-0.39, 0.29) is 0 Å². The van der Waals surface area contributed by atoms with Crippen molar-refractivity contribution >= 4 is 6.08 Å². The Morgan fingerprint density at radius 1 is 1.58 bits per heavy atom. The molecular weight excluding hydrogens is 152 g/mol. The monoisotopic (exact) mass is 164 g/mol. The number of aromatic amines is 1. The molecule has 64 valence electrons. The van der Waals surface area contributed by atoms with Crippen LogP contribution < -0.4 is 0 Å². The highest BCUT2D eigenvalue weighted by molar-refractivity contribution is 5.33. The highest BCUT2D eigenvalue weighted by Crippen LogP contribution is 2.09. The third kappa shape index (κ3) is 2.07. The molecular formula is C9H12N2O. The Morgan fingerprint density at radius 3 is 2.83 bits per heavy atom. The summed E-state index contributed by atoms with van der Waals surface area (Å²) in [5, 5.41) is 0. The number of aliphatic imine (C=N–C) groups is 1. The lowest BCUT2D eigenvalue weighted by molar-refractivity contribution is 0.563. The highest BCUT2D eigenvalue weighted by Gasteiger charge is 1.99. The Morgan fingerprint density at radius 2 is 2.33 bits per heavy atom. The minimum absolute atomic E-state index is 0.529. The quantitative estimate of drug-likeness (QED) is 0.534. The summed E-state index contributed by atoms with van der Waals surface area (Å²) in [6, 6.07) is 2.08. The van der Waals surface area contributed by atoms with Crippen molar-refractivity contribution in [3.63, 3.8) is 0 Å². The molecule has 0 radical (unpaired) electrons. The maximum Gasteiger partial charge on any atom is 0.234 e. The van der Waals surface area contributed by atoms with Crippen molar-refractivity contribution in [2.24, 2.45) is 4.99 Å². The molecule has 1 heterocycles.